The summed E-state index contributed by atoms with van der Waals surface area (Å²) < 4.78 is 16.4. The van der Waals surface area contributed by atoms with Crippen molar-refractivity contribution in [3.05, 3.63) is 58.0 Å². The third-order valence-corrected chi connectivity index (χ3v) is 2.80. The first-order chi connectivity index (χ1) is 9.02. The lowest BCUT2D eigenvalue weighted by Crippen LogP contribution is -2.30. The van der Waals surface area contributed by atoms with Gasteiger partial charge >= 0.3 is 5.69 Å². The molecule has 6 nitrogen and oxygen atoms in total. The molecule has 100 valence electrons. The van der Waals surface area contributed by atoms with Crippen molar-refractivity contribution in [3.63, 3.8) is 0 Å². The molecule has 1 heterocycles. The number of halogens is 1. The highest BCUT2D eigenvalue weighted by Crippen LogP contribution is 2.11. The molecule has 1 amide bonds. The van der Waals surface area contributed by atoms with E-state index in [1.165, 1.54) is 27.3 Å². The highest BCUT2D eigenvalue weighted by Gasteiger charge is 2.10. The van der Waals surface area contributed by atoms with Crippen molar-refractivity contribution in [2.75, 3.05) is 0 Å². The number of hydrogen-bond acceptors (Lipinski definition) is 3. The molecule has 0 spiro atoms. The molecule has 0 saturated heterocycles. The Morgan fingerprint density at radius 1 is 1.42 bits per heavy atom. The van der Waals surface area contributed by atoms with Gasteiger partial charge in [0.1, 0.15) is 5.82 Å². The first-order valence-corrected chi connectivity index (χ1v) is 5.54. The van der Waals surface area contributed by atoms with Crippen LogP contribution in [-0.2, 0) is 13.6 Å². The summed E-state index contributed by atoms with van der Waals surface area (Å²) >= 11 is 0. The van der Waals surface area contributed by atoms with Gasteiger partial charge < -0.3 is 4.57 Å². The molecule has 2 aromatic rings. The Hall–Kier alpha value is -2.41. The van der Waals surface area contributed by atoms with Crippen LogP contribution < -0.4 is 17.0 Å². The SMILES string of the molecule is Cn1ccn(Cc2cc(C(=O)NN)ccc2F)c1=O. The molecule has 7 heteroatoms. The molecular weight excluding hydrogens is 251 g/mol. The molecule has 0 atom stereocenters. The van der Waals surface area contributed by atoms with E-state index in [-0.39, 0.29) is 23.4 Å². The predicted octanol–water partition coefficient (Wildman–Crippen LogP) is -0.0223. The van der Waals surface area contributed by atoms with Crippen LogP contribution in [0.3, 0.4) is 0 Å². The Labute approximate surface area is 108 Å². The van der Waals surface area contributed by atoms with E-state index in [0.29, 0.717) is 0 Å². The standard InChI is InChI=1S/C12H13FN4O2/c1-16-4-5-17(12(16)19)7-9-6-8(11(18)15-14)2-3-10(9)13/h2-6H,7,14H2,1H3,(H,15,18). The number of nitrogen functional groups attached to an aromatic ring is 1. The van der Waals surface area contributed by atoms with Crippen LogP contribution in [0.4, 0.5) is 4.39 Å². The summed E-state index contributed by atoms with van der Waals surface area (Å²) in [7, 11) is 1.60. The van der Waals surface area contributed by atoms with E-state index in [1.54, 1.807) is 19.4 Å². The summed E-state index contributed by atoms with van der Waals surface area (Å²) in [6, 6.07) is 3.87. The largest absolute Gasteiger partial charge is 0.328 e. The van der Waals surface area contributed by atoms with Crippen LogP contribution >= 0.6 is 0 Å². The molecule has 2 rings (SSSR count). The number of nitrogens with zero attached hydrogens (tertiary/aromatic N) is 2. The Morgan fingerprint density at radius 2 is 2.16 bits per heavy atom. The minimum atomic E-state index is -0.512. The Kier molecular flexibility index (Phi) is 3.48. The van der Waals surface area contributed by atoms with Gasteiger partial charge in [0, 0.05) is 30.6 Å². The van der Waals surface area contributed by atoms with Crippen LogP contribution in [0.25, 0.3) is 0 Å². The fourth-order valence-corrected chi connectivity index (χ4v) is 1.73. The molecule has 0 bridgehead atoms. The van der Waals surface area contributed by atoms with Crippen molar-refractivity contribution in [2.45, 2.75) is 6.54 Å². The third-order valence-electron chi connectivity index (χ3n) is 2.80. The summed E-state index contributed by atoms with van der Waals surface area (Å²) in [6.07, 6.45) is 3.13. The Morgan fingerprint density at radius 3 is 2.74 bits per heavy atom. The molecule has 19 heavy (non-hydrogen) atoms. The van der Waals surface area contributed by atoms with E-state index in [4.69, 9.17) is 5.84 Å². The fourth-order valence-electron chi connectivity index (χ4n) is 1.73. The molecule has 0 aliphatic rings. The van der Waals surface area contributed by atoms with E-state index < -0.39 is 11.7 Å². The number of benzene rings is 1. The summed E-state index contributed by atoms with van der Waals surface area (Å²) in [5.74, 6) is 4.03. The van der Waals surface area contributed by atoms with Gasteiger partial charge in [-0.15, -0.1) is 0 Å². The summed E-state index contributed by atoms with van der Waals surface area (Å²) in [4.78, 5) is 23.0. The summed E-state index contributed by atoms with van der Waals surface area (Å²) in [5.41, 5.74) is 2.20. The van der Waals surface area contributed by atoms with Gasteiger partial charge in [-0.2, -0.15) is 0 Å². The van der Waals surface area contributed by atoms with Gasteiger partial charge in [0.05, 0.1) is 6.54 Å². The molecule has 0 fully saturated rings. The number of nitrogens with two attached hydrogens (primary N) is 1. The number of rotatable bonds is 3. The van der Waals surface area contributed by atoms with Crippen LogP contribution in [0.1, 0.15) is 15.9 Å². The molecule has 0 saturated carbocycles. The second kappa shape index (κ2) is 5.07. The number of carbonyl (C=O) groups is 1. The lowest BCUT2D eigenvalue weighted by molar-refractivity contribution is 0.0953. The number of imidazole rings is 1. The van der Waals surface area contributed by atoms with Crippen molar-refractivity contribution in [2.24, 2.45) is 12.9 Å². The quantitative estimate of drug-likeness (QED) is 0.464. The summed E-state index contributed by atoms with van der Waals surface area (Å²) in [6.45, 7) is 0.0528. The number of carbonyl (C=O) groups excluding carboxylic acids is 1. The van der Waals surface area contributed by atoms with Crippen LogP contribution in [-0.4, -0.2) is 15.0 Å². The molecule has 1 aromatic carbocycles. The van der Waals surface area contributed by atoms with Gasteiger partial charge in [-0.1, -0.05) is 0 Å². The normalized spacial score (nSPS) is 10.5. The topological polar surface area (TPSA) is 82.1 Å². The summed E-state index contributed by atoms with van der Waals surface area (Å²) in [5, 5.41) is 0. The highest BCUT2D eigenvalue weighted by molar-refractivity contribution is 5.93. The maximum Gasteiger partial charge on any atom is 0.328 e. The van der Waals surface area contributed by atoms with Crippen molar-refractivity contribution in [1.82, 2.24) is 14.6 Å². The number of aromatic nitrogens is 2. The predicted molar refractivity (Wildman–Crippen MR) is 66.8 cm³/mol. The minimum absolute atomic E-state index is 0.0528. The molecular formula is C12H13FN4O2. The lowest BCUT2D eigenvalue weighted by atomic mass is 10.1. The monoisotopic (exact) mass is 264 g/mol. The number of aryl methyl sites for hydroxylation is 1. The number of amides is 1. The second-order valence-corrected chi connectivity index (χ2v) is 4.10. The van der Waals surface area contributed by atoms with Crippen molar-refractivity contribution in [3.8, 4) is 0 Å². The van der Waals surface area contributed by atoms with Crippen molar-refractivity contribution in [1.29, 1.82) is 0 Å². The van der Waals surface area contributed by atoms with Gasteiger partial charge in [-0.3, -0.25) is 14.8 Å². The molecule has 3 N–H and O–H groups in total. The molecule has 0 aliphatic heterocycles. The maximum absolute atomic E-state index is 13.7. The smallest absolute Gasteiger partial charge is 0.302 e. The maximum atomic E-state index is 13.7. The average molecular weight is 264 g/mol. The Balaban J connectivity index is 2.37. The zero-order valence-corrected chi connectivity index (χ0v) is 10.3. The van der Waals surface area contributed by atoms with Crippen LogP contribution in [0, 0.1) is 5.82 Å². The number of hydrazine groups is 1. The van der Waals surface area contributed by atoms with Gasteiger partial charge in [-0.05, 0) is 18.2 Å². The lowest BCUT2D eigenvalue weighted by Gasteiger charge is -2.06. The zero-order chi connectivity index (χ0) is 14.0. The van der Waals surface area contributed by atoms with Gasteiger partial charge in [0.2, 0.25) is 0 Å². The highest BCUT2D eigenvalue weighted by atomic mass is 19.1. The van der Waals surface area contributed by atoms with Crippen LogP contribution in [0.15, 0.2) is 35.4 Å². The van der Waals surface area contributed by atoms with E-state index in [2.05, 4.69) is 0 Å². The zero-order valence-electron chi connectivity index (χ0n) is 10.3. The van der Waals surface area contributed by atoms with Crippen LogP contribution in [0.2, 0.25) is 0 Å². The molecule has 0 unspecified atom stereocenters. The number of hydrogen-bond donors (Lipinski definition) is 2. The van der Waals surface area contributed by atoms with Crippen molar-refractivity contribution < 1.29 is 9.18 Å². The second-order valence-electron chi connectivity index (χ2n) is 4.10. The molecule has 0 aliphatic carbocycles. The van der Waals surface area contributed by atoms with Crippen LogP contribution in [0.5, 0.6) is 0 Å². The van der Waals surface area contributed by atoms with E-state index in [9.17, 15) is 14.0 Å². The van der Waals surface area contributed by atoms with Crippen molar-refractivity contribution >= 4 is 5.91 Å². The Bertz CT molecular complexity index is 675. The van der Waals surface area contributed by atoms with Gasteiger partial charge in [0.15, 0.2) is 0 Å². The van der Waals surface area contributed by atoms with E-state index >= 15 is 0 Å². The van der Waals surface area contributed by atoms with E-state index in [0.717, 1.165) is 0 Å². The van der Waals surface area contributed by atoms with Gasteiger partial charge in [0.25, 0.3) is 5.91 Å². The van der Waals surface area contributed by atoms with Gasteiger partial charge in [-0.25, -0.2) is 15.0 Å². The van der Waals surface area contributed by atoms with E-state index in [1.807, 2.05) is 5.43 Å². The first-order valence-electron chi connectivity index (χ1n) is 5.54. The number of nitrogens with one attached hydrogen (secondary N) is 1. The fraction of sp³-hybridized carbons (Fsp3) is 0.167. The first kappa shape index (κ1) is 13.0. The average Bonchev–Trinajstić information content (AvgIpc) is 2.72. The minimum Gasteiger partial charge on any atom is -0.302 e. The third kappa shape index (κ3) is 2.55. The molecule has 0 radical (unpaired) electrons. The molecule has 1 aromatic heterocycles.